The first-order valence-corrected chi connectivity index (χ1v) is 10.1. The van der Waals surface area contributed by atoms with Crippen molar-refractivity contribution in [2.75, 3.05) is 20.8 Å². The molecule has 154 valence electrons. The van der Waals surface area contributed by atoms with Gasteiger partial charge < -0.3 is 19.4 Å². The van der Waals surface area contributed by atoms with E-state index in [0.717, 1.165) is 18.4 Å². The molecule has 0 unspecified atom stereocenters. The molecule has 0 bridgehead atoms. The third kappa shape index (κ3) is 4.91. The number of carbonyl (C=O) groups excluding carboxylic acids is 1. The number of nitrogens with zero attached hydrogens (tertiary/aromatic N) is 1. The van der Waals surface area contributed by atoms with Crippen LogP contribution in [0.3, 0.4) is 0 Å². The van der Waals surface area contributed by atoms with Gasteiger partial charge in [-0.1, -0.05) is 24.3 Å². The van der Waals surface area contributed by atoms with Gasteiger partial charge in [0, 0.05) is 36.1 Å². The van der Waals surface area contributed by atoms with E-state index >= 15 is 0 Å². The summed E-state index contributed by atoms with van der Waals surface area (Å²) in [6, 6.07) is 14.6. The Labute approximate surface area is 172 Å². The quantitative estimate of drug-likeness (QED) is 0.580. The van der Waals surface area contributed by atoms with E-state index in [9.17, 15) is 4.79 Å². The molecule has 0 fully saturated rings. The van der Waals surface area contributed by atoms with Crippen molar-refractivity contribution in [1.82, 2.24) is 9.88 Å². The molecular weight excluding hydrogens is 364 g/mol. The van der Waals surface area contributed by atoms with Crippen LogP contribution < -0.4 is 14.8 Å². The number of ether oxygens (including phenoxy) is 2. The Kier molecular flexibility index (Phi) is 6.81. The fourth-order valence-electron chi connectivity index (χ4n) is 3.62. The summed E-state index contributed by atoms with van der Waals surface area (Å²) in [6.45, 7) is 4.95. The van der Waals surface area contributed by atoms with Gasteiger partial charge in [-0.2, -0.15) is 0 Å². The highest BCUT2D eigenvalue weighted by Gasteiger charge is 2.12. The number of aromatic nitrogens is 1. The summed E-state index contributed by atoms with van der Waals surface area (Å²) >= 11 is 0. The monoisotopic (exact) mass is 394 g/mol. The lowest BCUT2D eigenvalue weighted by molar-refractivity contribution is -0.121. The second kappa shape index (κ2) is 9.50. The Bertz CT molecular complexity index is 975. The molecule has 0 spiro atoms. The topological polar surface area (TPSA) is 52.5 Å². The average Bonchev–Trinajstić information content (AvgIpc) is 3.11. The van der Waals surface area contributed by atoms with Crippen molar-refractivity contribution in [3.63, 3.8) is 0 Å². The van der Waals surface area contributed by atoms with Gasteiger partial charge in [0.25, 0.3) is 0 Å². The maximum Gasteiger partial charge on any atom is 0.220 e. The van der Waals surface area contributed by atoms with E-state index in [1.807, 2.05) is 18.2 Å². The summed E-state index contributed by atoms with van der Waals surface area (Å²) < 4.78 is 12.9. The van der Waals surface area contributed by atoms with Crippen molar-refractivity contribution in [2.45, 2.75) is 39.2 Å². The highest BCUT2D eigenvalue weighted by Crippen LogP contribution is 2.28. The summed E-state index contributed by atoms with van der Waals surface area (Å²) in [4.78, 5) is 12.3. The van der Waals surface area contributed by atoms with Crippen LogP contribution in [-0.2, 0) is 17.6 Å². The predicted octanol–water partition coefficient (Wildman–Crippen LogP) is 4.53. The lowest BCUT2D eigenvalue weighted by Gasteiger charge is -2.10. The van der Waals surface area contributed by atoms with Gasteiger partial charge in [-0.05, 0) is 56.0 Å². The Balaban J connectivity index is 1.54. The van der Waals surface area contributed by atoms with E-state index in [0.29, 0.717) is 30.5 Å². The van der Waals surface area contributed by atoms with Crippen LogP contribution in [0.15, 0.2) is 48.7 Å². The lowest BCUT2D eigenvalue weighted by Crippen LogP contribution is -2.25. The number of carbonyl (C=O) groups is 1. The number of rotatable bonds is 9. The van der Waals surface area contributed by atoms with Crippen LogP contribution in [0, 0.1) is 0 Å². The van der Waals surface area contributed by atoms with Crippen LogP contribution in [0.4, 0.5) is 0 Å². The molecule has 0 saturated heterocycles. The molecule has 1 N–H and O–H groups in total. The highest BCUT2D eigenvalue weighted by molar-refractivity contribution is 5.85. The SMILES string of the molecule is COc1ccc(CCNC(=O)CCc2cn(C(C)C)c3ccccc23)cc1OC. The van der Waals surface area contributed by atoms with Crippen molar-refractivity contribution in [3.05, 3.63) is 59.8 Å². The standard InChI is InChI=1S/C24H30N2O3/c1-17(2)26-16-19(20-7-5-6-8-21(20)26)10-12-24(27)25-14-13-18-9-11-22(28-3)23(15-18)29-4/h5-9,11,15-17H,10,12-14H2,1-4H3,(H,25,27). The molecule has 5 heteroatoms. The van der Waals surface area contributed by atoms with Gasteiger partial charge in [0.15, 0.2) is 11.5 Å². The van der Waals surface area contributed by atoms with Crippen LogP contribution in [0.1, 0.15) is 37.4 Å². The maximum atomic E-state index is 12.3. The molecule has 0 aliphatic carbocycles. The normalized spacial score (nSPS) is 11.1. The number of methoxy groups -OCH3 is 2. The van der Waals surface area contributed by atoms with Gasteiger partial charge in [-0.3, -0.25) is 4.79 Å². The molecular formula is C24H30N2O3. The second-order valence-electron chi connectivity index (χ2n) is 7.46. The molecule has 1 amide bonds. The Hall–Kier alpha value is -2.95. The average molecular weight is 395 g/mol. The summed E-state index contributed by atoms with van der Waals surface area (Å²) in [5.74, 6) is 1.49. The molecule has 0 saturated carbocycles. The van der Waals surface area contributed by atoms with Gasteiger partial charge in [0.05, 0.1) is 14.2 Å². The molecule has 0 aliphatic rings. The zero-order chi connectivity index (χ0) is 20.8. The molecule has 1 heterocycles. The summed E-state index contributed by atoms with van der Waals surface area (Å²) in [5.41, 5.74) is 3.55. The van der Waals surface area contributed by atoms with Crippen molar-refractivity contribution in [2.24, 2.45) is 0 Å². The minimum atomic E-state index is 0.0758. The number of amides is 1. The molecule has 1 aromatic heterocycles. The zero-order valence-electron chi connectivity index (χ0n) is 17.7. The highest BCUT2D eigenvalue weighted by atomic mass is 16.5. The first-order valence-electron chi connectivity index (χ1n) is 10.1. The van der Waals surface area contributed by atoms with Gasteiger partial charge in [-0.25, -0.2) is 0 Å². The Morgan fingerprint density at radius 1 is 1.03 bits per heavy atom. The van der Waals surface area contributed by atoms with E-state index in [4.69, 9.17) is 9.47 Å². The number of hydrogen-bond acceptors (Lipinski definition) is 3. The molecule has 3 rings (SSSR count). The number of fused-ring (bicyclic) bond motifs is 1. The number of hydrogen-bond donors (Lipinski definition) is 1. The second-order valence-corrected chi connectivity index (χ2v) is 7.46. The lowest BCUT2D eigenvalue weighted by atomic mass is 10.1. The van der Waals surface area contributed by atoms with E-state index in [2.05, 4.69) is 54.2 Å². The number of nitrogens with one attached hydrogen (secondary N) is 1. The molecule has 0 radical (unpaired) electrons. The smallest absolute Gasteiger partial charge is 0.220 e. The summed E-state index contributed by atoms with van der Waals surface area (Å²) in [6.07, 6.45) is 4.16. The number of benzene rings is 2. The van der Waals surface area contributed by atoms with Gasteiger partial charge in [0.1, 0.15) is 0 Å². The Morgan fingerprint density at radius 3 is 2.52 bits per heavy atom. The number of para-hydroxylation sites is 1. The summed E-state index contributed by atoms with van der Waals surface area (Å²) in [7, 11) is 3.25. The molecule has 0 aliphatic heterocycles. The predicted molar refractivity (Wildman–Crippen MR) is 117 cm³/mol. The molecule has 29 heavy (non-hydrogen) atoms. The molecule has 3 aromatic rings. The first-order chi connectivity index (χ1) is 14.0. The maximum absolute atomic E-state index is 12.3. The van der Waals surface area contributed by atoms with E-state index in [-0.39, 0.29) is 5.91 Å². The third-order valence-corrected chi connectivity index (χ3v) is 5.18. The molecule has 0 atom stereocenters. The van der Waals surface area contributed by atoms with Crippen LogP contribution in [0.25, 0.3) is 10.9 Å². The Morgan fingerprint density at radius 2 is 1.79 bits per heavy atom. The minimum Gasteiger partial charge on any atom is -0.493 e. The minimum absolute atomic E-state index is 0.0758. The third-order valence-electron chi connectivity index (χ3n) is 5.18. The van der Waals surface area contributed by atoms with Crippen LogP contribution in [0.5, 0.6) is 11.5 Å². The van der Waals surface area contributed by atoms with Gasteiger partial charge in [0.2, 0.25) is 5.91 Å². The van der Waals surface area contributed by atoms with Crippen molar-refractivity contribution in [3.8, 4) is 11.5 Å². The van der Waals surface area contributed by atoms with Crippen molar-refractivity contribution in [1.29, 1.82) is 0 Å². The van der Waals surface area contributed by atoms with Gasteiger partial charge >= 0.3 is 0 Å². The van der Waals surface area contributed by atoms with Crippen LogP contribution in [-0.4, -0.2) is 31.2 Å². The molecule has 5 nitrogen and oxygen atoms in total. The first kappa shape index (κ1) is 20.8. The van der Waals surface area contributed by atoms with E-state index in [1.54, 1.807) is 14.2 Å². The largest absolute Gasteiger partial charge is 0.493 e. The van der Waals surface area contributed by atoms with Crippen LogP contribution in [0.2, 0.25) is 0 Å². The van der Waals surface area contributed by atoms with Crippen molar-refractivity contribution < 1.29 is 14.3 Å². The van der Waals surface area contributed by atoms with Crippen molar-refractivity contribution >= 4 is 16.8 Å². The van der Waals surface area contributed by atoms with Gasteiger partial charge in [-0.15, -0.1) is 0 Å². The van der Waals surface area contributed by atoms with E-state index in [1.165, 1.54) is 16.5 Å². The zero-order valence-corrected chi connectivity index (χ0v) is 17.7. The molecule has 2 aromatic carbocycles. The van der Waals surface area contributed by atoms with Crippen LogP contribution >= 0.6 is 0 Å². The fourth-order valence-corrected chi connectivity index (χ4v) is 3.62. The fraction of sp³-hybridized carbons (Fsp3) is 0.375. The number of aryl methyl sites for hydroxylation is 1. The van der Waals surface area contributed by atoms with E-state index < -0.39 is 0 Å². The summed E-state index contributed by atoms with van der Waals surface area (Å²) in [5, 5.41) is 4.26.